The molecule has 0 spiro atoms. The van der Waals surface area contributed by atoms with E-state index in [1.165, 1.54) is 6.07 Å². The fourth-order valence-corrected chi connectivity index (χ4v) is 1.79. The predicted molar refractivity (Wildman–Crippen MR) is 71.4 cm³/mol. The van der Waals surface area contributed by atoms with E-state index in [1.807, 2.05) is 24.7 Å². The molecule has 0 radical (unpaired) electrons. The van der Waals surface area contributed by atoms with Crippen molar-refractivity contribution in [2.24, 2.45) is 7.05 Å². The molecule has 1 atom stereocenters. The molecule has 1 unspecified atom stereocenters. The van der Waals surface area contributed by atoms with Gasteiger partial charge < -0.3 is 14.6 Å². The summed E-state index contributed by atoms with van der Waals surface area (Å²) in [4.78, 5) is 4.15. The first-order chi connectivity index (χ1) is 9.11. The number of aromatic nitrogens is 2. The molecule has 5 heteroatoms. The topological polar surface area (TPSA) is 39.1 Å². The van der Waals surface area contributed by atoms with Crippen LogP contribution in [0.15, 0.2) is 30.6 Å². The van der Waals surface area contributed by atoms with Crippen molar-refractivity contribution in [1.29, 1.82) is 0 Å². The molecule has 4 nitrogen and oxygen atoms in total. The van der Waals surface area contributed by atoms with Gasteiger partial charge in [-0.25, -0.2) is 9.37 Å². The maximum absolute atomic E-state index is 13.9. The average molecular weight is 263 g/mol. The van der Waals surface area contributed by atoms with Crippen molar-refractivity contribution in [1.82, 2.24) is 14.9 Å². The van der Waals surface area contributed by atoms with Crippen molar-refractivity contribution in [2.75, 3.05) is 7.05 Å². The van der Waals surface area contributed by atoms with Gasteiger partial charge in [-0.15, -0.1) is 0 Å². The molecule has 1 aromatic heterocycles. The Morgan fingerprint density at radius 2 is 2.26 bits per heavy atom. The number of nitrogens with zero attached hydrogens (tertiary/aromatic N) is 2. The van der Waals surface area contributed by atoms with Gasteiger partial charge in [0.15, 0.2) is 0 Å². The van der Waals surface area contributed by atoms with Gasteiger partial charge >= 0.3 is 0 Å². The minimum atomic E-state index is -0.265. The number of nitrogens with one attached hydrogen (secondary N) is 1. The molecule has 1 heterocycles. The molecule has 2 rings (SSSR count). The van der Waals surface area contributed by atoms with Crippen LogP contribution in [0.2, 0.25) is 0 Å². The maximum Gasteiger partial charge on any atom is 0.146 e. The second-order valence-corrected chi connectivity index (χ2v) is 4.44. The Labute approximate surface area is 112 Å². The molecule has 0 amide bonds. The van der Waals surface area contributed by atoms with Crippen LogP contribution in [0.4, 0.5) is 4.39 Å². The van der Waals surface area contributed by atoms with E-state index in [4.69, 9.17) is 4.74 Å². The van der Waals surface area contributed by atoms with Crippen LogP contribution in [0, 0.1) is 5.82 Å². The first kappa shape index (κ1) is 13.5. The van der Waals surface area contributed by atoms with Crippen molar-refractivity contribution in [3.05, 3.63) is 47.8 Å². The van der Waals surface area contributed by atoms with Crippen LogP contribution in [-0.2, 0) is 13.7 Å². The van der Waals surface area contributed by atoms with Crippen LogP contribution in [0.1, 0.15) is 24.4 Å². The summed E-state index contributed by atoms with van der Waals surface area (Å²) in [6, 6.07) is 4.90. The molecular formula is C14H18FN3O. The van der Waals surface area contributed by atoms with Crippen molar-refractivity contribution >= 4 is 0 Å². The fraction of sp³-hybridized carbons (Fsp3) is 0.357. The SMILES string of the molecule is CNC(C)c1ccc(OCc2nccn2C)cc1F. The summed E-state index contributed by atoms with van der Waals surface area (Å²) in [5.41, 5.74) is 0.631. The number of hydrogen-bond donors (Lipinski definition) is 1. The zero-order valence-electron chi connectivity index (χ0n) is 11.4. The largest absolute Gasteiger partial charge is 0.486 e. The van der Waals surface area contributed by atoms with E-state index in [1.54, 1.807) is 25.4 Å². The number of rotatable bonds is 5. The number of hydrogen-bond acceptors (Lipinski definition) is 3. The van der Waals surface area contributed by atoms with Gasteiger partial charge in [-0.3, -0.25) is 0 Å². The molecule has 0 saturated heterocycles. The lowest BCUT2D eigenvalue weighted by atomic mass is 10.1. The highest BCUT2D eigenvalue weighted by atomic mass is 19.1. The molecular weight excluding hydrogens is 245 g/mol. The minimum absolute atomic E-state index is 0.0245. The Hall–Kier alpha value is -1.88. The third kappa shape index (κ3) is 3.12. The molecule has 1 N–H and O–H groups in total. The van der Waals surface area contributed by atoms with Crippen LogP contribution in [-0.4, -0.2) is 16.6 Å². The Balaban J connectivity index is 2.06. The van der Waals surface area contributed by atoms with Crippen molar-refractivity contribution in [2.45, 2.75) is 19.6 Å². The first-order valence-corrected chi connectivity index (χ1v) is 6.17. The maximum atomic E-state index is 13.9. The lowest BCUT2D eigenvalue weighted by molar-refractivity contribution is 0.290. The summed E-state index contributed by atoms with van der Waals surface area (Å²) >= 11 is 0. The summed E-state index contributed by atoms with van der Waals surface area (Å²) in [6.07, 6.45) is 3.55. The highest BCUT2D eigenvalue weighted by Crippen LogP contribution is 2.22. The average Bonchev–Trinajstić information content (AvgIpc) is 2.81. The van der Waals surface area contributed by atoms with Gasteiger partial charge in [0.1, 0.15) is 24.0 Å². The third-order valence-electron chi connectivity index (χ3n) is 3.16. The molecule has 102 valence electrons. The number of aryl methyl sites for hydroxylation is 1. The third-order valence-corrected chi connectivity index (χ3v) is 3.16. The quantitative estimate of drug-likeness (QED) is 0.900. The van der Waals surface area contributed by atoms with E-state index in [-0.39, 0.29) is 11.9 Å². The van der Waals surface area contributed by atoms with Crippen LogP contribution >= 0.6 is 0 Å². The lowest BCUT2D eigenvalue weighted by Gasteiger charge is -2.13. The van der Waals surface area contributed by atoms with Crippen molar-refractivity contribution in [3.63, 3.8) is 0 Å². The second-order valence-electron chi connectivity index (χ2n) is 4.44. The van der Waals surface area contributed by atoms with Gasteiger partial charge in [-0.05, 0) is 20.0 Å². The fourth-order valence-electron chi connectivity index (χ4n) is 1.79. The molecule has 0 aliphatic heterocycles. The summed E-state index contributed by atoms with van der Waals surface area (Å²) in [5.74, 6) is 1.04. The van der Waals surface area contributed by atoms with E-state index in [2.05, 4.69) is 10.3 Å². The van der Waals surface area contributed by atoms with Gasteiger partial charge in [0.2, 0.25) is 0 Å². The minimum Gasteiger partial charge on any atom is -0.486 e. The smallest absolute Gasteiger partial charge is 0.146 e. The molecule has 0 bridgehead atoms. The highest BCUT2D eigenvalue weighted by molar-refractivity contribution is 5.30. The first-order valence-electron chi connectivity index (χ1n) is 6.17. The normalized spacial score (nSPS) is 12.4. The number of benzene rings is 1. The molecule has 0 saturated carbocycles. The molecule has 0 aliphatic rings. The molecule has 0 aliphatic carbocycles. The van der Waals surface area contributed by atoms with Crippen LogP contribution in [0.25, 0.3) is 0 Å². The number of halogens is 1. The van der Waals surface area contributed by atoms with E-state index >= 15 is 0 Å². The van der Waals surface area contributed by atoms with Crippen LogP contribution in [0.3, 0.4) is 0 Å². The second kappa shape index (κ2) is 5.84. The van der Waals surface area contributed by atoms with Gasteiger partial charge in [-0.1, -0.05) is 6.07 Å². The van der Waals surface area contributed by atoms with E-state index in [0.717, 1.165) is 5.82 Å². The van der Waals surface area contributed by atoms with Crippen molar-refractivity contribution in [3.8, 4) is 5.75 Å². The van der Waals surface area contributed by atoms with E-state index in [9.17, 15) is 4.39 Å². The Bertz CT molecular complexity index is 553. The van der Waals surface area contributed by atoms with Crippen LogP contribution in [0.5, 0.6) is 5.75 Å². The van der Waals surface area contributed by atoms with Gasteiger partial charge in [0, 0.05) is 37.1 Å². The lowest BCUT2D eigenvalue weighted by Crippen LogP contribution is -2.13. The van der Waals surface area contributed by atoms with Gasteiger partial charge in [0.25, 0.3) is 0 Å². The van der Waals surface area contributed by atoms with Gasteiger partial charge in [0.05, 0.1) is 0 Å². The van der Waals surface area contributed by atoms with E-state index in [0.29, 0.717) is 17.9 Å². The molecule has 2 aromatic rings. The number of imidazole rings is 1. The number of ether oxygens (including phenoxy) is 1. The Morgan fingerprint density at radius 1 is 1.47 bits per heavy atom. The zero-order chi connectivity index (χ0) is 13.8. The predicted octanol–water partition coefficient (Wildman–Crippen LogP) is 2.42. The van der Waals surface area contributed by atoms with Crippen LogP contribution < -0.4 is 10.1 Å². The Morgan fingerprint density at radius 3 is 2.84 bits per heavy atom. The summed E-state index contributed by atoms with van der Waals surface area (Å²) in [7, 11) is 3.69. The molecule has 1 aromatic carbocycles. The van der Waals surface area contributed by atoms with Gasteiger partial charge in [-0.2, -0.15) is 0 Å². The standard InChI is InChI=1S/C14H18FN3O/c1-10(16-2)12-5-4-11(8-13(12)15)19-9-14-17-6-7-18(14)3/h4-8,10,16H,9H2,1-3H3. The summed E-state index contributed by atoms with van der Waals surface area (Å²) in [5, 5.41) is 3.01. The van der Waals surface area contributed by atoms with Crippen molar-refractivity contribution < 1.29 is 9.13 Å². The zero-order valence-corrected chi connectivity index (χ0v) is 11.4. The van der Waals surface area contributed by atoms with E-state index < -0.39 is 0 Å². The Kier molecular flexibility index (Phi) is 4.16. The molecule has 19 heavy (non-hydrogen) atoms. The molecule has 0 fully saturated rings. The summed E-state index contributed by atoms with van der Waals surface area (Å²) < 4.78 is 21.3. The monoisotopic (exact) mass is 263 g/mol. The summed E-state index contributed by atoms with van der Waals surface area (Å²) in [6.45, 7) is 2.23. The highest BCUT2D eigenvalue weighted by Gasteiger charge is 2.10.